The fourth-order valence-electron chi connectivity index (χ4n) is 4.21. The number of fused-ring (bicyclic) bond motifs is 2. The molecule has 2 amide bonds. The minimum absolute atomic E-state index is 0.00784. The van der Waals surface area contributed by atoms with E-state index in [1.54, 1.807) is 19.5 Å². The molecule has 1 spiro atoms. The molecule has 1 saturated heterocycles. The van der Waals surface area contributed by atoms with Gasteiger partial charge in [-0.2, -0.15) is 0 Å². The van der Waals surface area contributed by atoms with Gasteiger partial charge >= 0.3 is 6.03 Å². The second-order valence-corrected chi connectivity index (χ2v) is 7.16. The second kappa shape index (κ2) is 7.52. The smallest absolute Gasteiger partial charge is 0.321 e. The molecule has 0 aliphatic carbocycles. The summed E-state index contributed by atoms with van der Waals surface area (Å²) in [6.07, 6.45) is 7.22. The normalized spacial score (nSPS) is 17.8. The topological polar surface area (TPSA) is 70.6 Å². The van der Waals surface area contributed by atoms with Gasteiger partial charge in [0.1, 0.15) is 5.82 Å². The molecule has 1 aromatic carbocycles. The van der Waals surface area contributed by atoms with Gasteiger partial charge in [-0.25, -0.2) is 9.78 Å². The third-order valence-corrected chi connectivity index (χ3v) is 5.65. The van der Waals surface area contributed by atoms with Gasteiger partial charge in [0, 0.05) is 56.8 Å². The third-order valence-electron chi connectivity index (χ3n) is 5.65. The van der Waals surface area contributed by atoms with E-state index in [-0.39, 0.29) is 11.4 Å². The Bertz CT molecular complexity index is 790. The van der Waals surface area contributed by atoms with Crippen molar-refractivity contribution >= 4 is 17.5 Å². The van der Waals surface area contributed by atoms with Crippen LogP contribution >= 0.6 is 0 Å². The quantitative estimate of drug-likeness (QED) is 0.839. The number of para-hydroxylation sites is 1. The molecule has 0 bridgehead atoms. The highest BCUT2D eigenvalue weighted by Gasteiger charge is 2.46. The maximum absolute atomic E-state index is 12.7. The fourth-order valence-corrected chi connectivity index (χ4v) is 4.21. The van der Waals surface area contributed by atoms with Crippen LogP contribution in [0.1, 0.15) is 18.4 Å². The number of hydrogen-bond acceptors (Lipinski definition) is 5. The molecule has 1 aromatic heterocycles. The van der Waals surface area contributed by atoms with Crippen LogP contribution in [0.3, 0.4) is 0 Å². The average molecular weight is 367 g/mol. The van der Waals surface area contributed by atoms with Gasteiger partial charge in [-0.3, -0.25) is 9.88 Å². The minimum atomic E-state index is -0.0484. The van der Waals surface area contributed by atoms with Crippen LogP contribution in [0.15, 0.2) is 42.9 Å². The van der Waals surface area contributed by atoms with Crippen LogP contribution in [-0.2, 0) is 10.2 Å². The minimum Gasteiger partial charge on any atom is -0.383 e. The van der Waals surface area contributed by atoms with E-state index >= 15 is 0 Å². The van der Waals surface area contributed by atoms with Crippen LogP contribution < -0.4 is 15.1 Å². The Kier molecular flexibility index (Phi) is 4.94. The summed E-state index contributed by atoms with van der Waals surface area (Å²) in [6, 6.07) is 8.25. The number of piperidine rings is 1. The molecule has 2 aromatic rings. The monoisotopic (exact) mass is 367 g/mol. The number of urea groups is 1. The number of nitrogens with one attached hydrogen (secondary N) is 1. The fraction of sp³-hybridized carbons (Fsp3) is 0.450. The van der Waals surface area contributed by atoms with Crippen LogP contribution in [0, 0.1) is 0 Å². The van der Waals surface area contributed by atoms with Gasteiger partial charge in [-0.05, 0) is 24.5 Å². The van der Waals surface area contributed by atoms with Gasteiger partial charge in [-0.15, -0.1) is 0 Å². The van der Waals surface area contributed by atoms with Gasteiger partial charge in [0.25, 0.3) is 0 Å². The number of rotatable bonds is 4. The summed E-state index contributed by atoms with van der Waals surface area (Å²) in [5, 5.41) is 2.96. The van der Waals surface area contributed by atoms with Crippen molar-refractivity contribution in [1.29, 1.82) is 0 Å². The molecule has 0 atom stereocenters. The number of methoxy groups -OCH3 is 1. The lowest BCUT2D eigenvalue weighted by molar-refractivity contribution is 0.197. The van der Waals surface area contributed by atoms with E-state index in [4.69, 9.17) is 4.74 Å². The van der Waals surface area contributed by atoms with E-state index in [2.05, 4.69) is 38.4 Å². The van der Waals surface area contributed by atoms with Gasteiger partial charge in [0.05, 0.1) is 12.8 Å². The number of amides is 2. The molecule has 2 aliphatic rings. The second-order valence-electron chi connectivity index (χ2n) is 7.16. The van der Waals surface area contributed by atoms with E-state index in [1.165, 1.54) is 5.56 Å². The number of aromatic nitrogens is 2. The molecule has 2 aliphatic heterocycles. The van der Waals surface area contributed by atoms with Crippen molar-refractivity contribution in [3.63, 3.8) is 0 Å². The molecule has 7 heteroatoms. The summed E-state index contributed by atoms with van der Waals surface area (Å²) in [4.78, 5) is 25.5. The summed E-state index contributed by atoms with van der Waals surface area (Å²) in [5.41, 5.74) is 2.32. The number of ether oxygens (including phenoxy) is 1. The Morgan fingerprint density at radius 2 is 2.07 bits per heavy atom. The predicted molar refractivity (Wildman–Crippen MR) is 104 cm³/mol. The molecule has 0 unspecified atom stereocenters. The highest BCUT2D eigenvalue weighted by Crippen LogP contribution is 2.47. The summed E-state index contributed by atoms with van der Waals surface area (Å²) in [7, 11) is 1.64. The van der Waals surface area contributed by atoms with Crippen molar-refractivity contribution in [3.8, 4) is 0 Å². The first kappa shape index (κ1) is 17.7. The Hall–Kier alpha value is -2.67. The van der Waals surface area contributed by atoms with Gasteiger partial charge < -0.3 is 15.0 Å². The molecular formula is C20H25N5O2. The molecule has 27 heavy (non-hydrogen) atoms. The zero-order valence-electron chi connectivity index (χ0n) is 15.6. The summed E-state index contributed by atoms with van der Waals surface area (Å²) < 4.78 is 5.04. The standard InChI is InChI=1S/C20H25N5O2/c1-27-13-10-23-19(26)25-15-20(16-4-2-3-5-17(16)25)6-11-24(12-7-20)18-14-21-8-9-22-18/h2-5,8-9,14H,6-7,10-13,15H2,1H3,(H,23,26). The number of benzene rings is 1. The van der Waals surface area contributed by atoms with Crippen LogP contribution in [0.5, 0.6) is 0 Å². The van der Waals surface area contributed by atoms with Gasteiger partial charge in [0.15, 0.2) is 0 Å². The first-order chi connectivity index (χ1) is 13.2. The molecule has 3 heterocycles. The third kappa shape index (κ3) is 3.35. The summed E-state index contributed by atoms with van der Waals surface area (Å²) in [6.45, 7) is 3.57. The maximum Gasteiger partial charge on any atom is 0.321 e. The van der Waals surface area contributed by atoms with Gasteiger partial charge in [-0.1, -0.05) is 18.2 Å². The zero-order chi connectivity index (χ0) is 18.7. The Morgan fingerprint density at radius 3 is 2.81 bits per heavy atom. The lowest BCUT2D eigenvalue weighted by Crippen LogP contribution is -2.48. The molecule has 0 saturated carbocycles. The number of anilines is 2. The summed E-state index contributed by atoms with van der Waals surface area (Å²) in [5.74, 6) is 0.924. The SMILES string of the molecule is COCCNC(=O)N1CC2(CCN(c3cnccn3)CC2)c2ccccc21. The Labute approximate surface area is 159 Å². The Balaban J connectivity index is 1.52. The average Bonchev–Trinajstić information content (AvgIpc) is 3.04. The van der Waals surface area contributed by atoms with E-state index in [0.29, 0.717) is 13.2 Å². The molecular weight excluding hydrogens is 342 g/mol. The van der Waals surface area contributed by atoms with Crippen LogP contribution in [0.2, 0.25) is 0 Å². The Morgan fingerprint density at radius 1 is 1.26 bits per heavy atom. The first-order valence-electron chi connectivity index (χ1n) is 9.38. The van der Waals surface area contributed by atoms with Crippen LogP contribution in [-0.4, -0.2) is 55.9 Å². The van der Waals surface area contributed by atoms with E-state index in [0.717, 1.165) is 44.0 Å². The first-order valence-corrected chi connectivity index (χ1v) is 9.38. The van der Waals surface area contributed by atoms with Crippen LogP contribution in [0.4, 0.5) is 16.3 Å². The van der Waals surface area contributed by atoms with Crippen molar-refractivity contribution in [2.45, 2.75) is 18.3 Å². The number of carbonyl (C=O) groups is 1. The molecule has 1 N–H and O–H groups in total. The zero-order valence-corrected chi connectivity index (χ0v) is 15.6. The summed E-state index contributed by atoms with van der Waals surface area (Å²) >= 11 is 0. The van der Waals surface area contributed by atoms with Crippen molar-refractivity contribution in [2.75, 3.05) is 49.7 Å². The number of hydrogen-bond donors (Lipinski definition) is 1. The highest BCUT2D eigenvalue weighted by atomic mass is 16.5. The van der Waals surface area contributed by atoms with Crippen molar-refractivity contribution < 1.29 is 9.53 Å². The maximum atomic E-state index is 12.7. The molecule has 0 radical (unpaired) electrons. The van der Waals surface area contributed by atoms with Crippen molar-refractivity contribution in [1.82, 2.24) is 15.3 Å². The number of nitrogens with zero attached hydrogens (tertiary/aromatic N) is 4. The molecule has 4 rings (SSSR count). The highest BCUT2D eigenvalue weighted by molar-refractivity contribution is 5.95. The molecule has 1 fully saturated rings. The van der Waals surface area contributed by atoms with Gasteiger partial charge in [0.2, 0.25) is 0 Å². The van der Waals surface area contributed by atoms with E-state index in [1.807, 2.05) is 17.2 Å². The molecule has 142 valence electrons. The van der Waals surface area contributed by atoms with Crippen molar-refractivity contribution in [2.24, 2.45) is 0 Å². The molecule has 7 nitrogen and oxygen atoms in total. The lowest BCUT2D eigenvalue weighted by atomic mass is 9.74. The van der Waals surface area contributed by atoms with E-state index in [9.17, 15) is 4.79 Å². The number of carbonyl (C=O) groups excluding carboxylic acids is 1. The lowest BCUT2D eigenvalue weighted by Gasteiger charge is -2.40. The largest absolute Gasteiger partial charge is 0.383 e. The predicted octanol–water partition coefficient (Wildman–Crippen LogP) is 2.19. The van der Waals surface area contributed by atoms with Crippen molar-refractivity contribution in [3.05, 3.63) is 48.4 Å². The van der Waals surface area contributed by atoms with E-state index < -0.39 is 0 Å². The van der Waals surface area contributed by atoms with Crippen LogP contribution in [0.25, 0.3) is 0 Å².